The topological polar surface area (TPSA) is 59.8 Å². The molecule has 5 nitrogen and oxygen atoms in total. The van der Waals surface area contributed by atoms with Crippen LogP contribution in [-0.4, -0.2) is 27.4 Å². The lowest BCUT2D eigenvalue weighted by molar-refractivity contribution is 0.0948. The average molecular weight is 272 g/mol. The highest BCUT2D eigenvalue weighted by molar-refractivity contribution is 5.93. The van der Waals surface area contributed by atoms with Gasteiger partial charge >= 0.3 is 0 Å². The Morgan fingerprint density at radius 3 is 2.45 bits per heavy atom. The molecular formula is C15H20N4O. The standard InChI is InChI=1S/C15H20N4O/c1-5-6-16-15(20)14-12(4)19(18-17-14)13-8-10(2)7-11(3)9-13/h7-9H,5-6H2,1-4H3,(H,16,20). The van der Waals surface area contributed by atoms with Crippen molar-refractivity contribution in [2.75, 3.05) is 6.54 Å². The molecule has 0 unspecified atom stereocenters. The molecule has 0 radical (unpaired) electrons. The third-order valence-corrected chi connectivity index (χ3v) is 3.10. The van der Waals surface area contributed by atoms with Gasteiger partial charge in [-0.3, -0.25) is 4.79 Å². The number of carbonyl (C=O) groups is 1. The van der Waals surface area contributed by atoms with Crippen LogP contribution in [0.5, 0.6) is 0 Å². The van der Waals surface area contributed by atoms with Crippen LogP contribution in [0.4, 0.5) is 0 Å². The first-order chi connectivity index (χ1) is 9.52. The Bertz CT molecular complexity index is 611. The average Bonchev–Trinajstić information content (AvgIpc) is 2.76. The lowest BCUT2D eigenvalue weighted by Gasteiger charge is -2.06. The van der Waals surface area contributed by atoms with Crippen LogP contribution >= 0.6 is 0 Å². The molecule has 1 aromatic heterocycles. The van der Waals surface area contributed by atoms with Crippen molar-refractivity contribution >= 4 is 5.91 Å². The summed E-state index contributed by atoms with van der Waals surface area (Å²) in [5.41, 5.74) is 4.39. The number of rotatable bonds is 4. The van der Waals surface area contributed by atoms with E-state index in [0.717, 1.165) is 28.9 Å². The van der Waals surface area contributed by atoms with Crippen LogP contribution in [-0.2, 0) is 0 Å². The lowest BCUT2D eigenvalue weighted by Crippen LogP contribution is -2.25. The quantitative estimate of drug-likeness (QED) is 0.929. The Morgan fingerprint density at radius 1 is 1.20 bits per heavy atom. The van der Waals surface area contributed by atoms with Crippen molar-refractivity contribution in [2.45, 2.75) is 34.1 Å². The summed E-state index contributed by atoms with van der Waals surface area (Å²) < 4.78 is 1.71. The summed E-state index contributed by atoms with van der Waals surface area (Å²) in [6.45, 7) is 8.60. The highest BCUT2D eigenvalue weighted by atomic mass is 16.2. The number of aryl methyl sites for hydroxylation is 2. The highest BCUT2D eigenvalue weighted by Gasteiger charge is 2.16. The number of benzene rings is 1. The number of hydrogen-bond acceptors (Lipinski definition) is 3. The number of hydrogen-bond donors (Lipinski definition) is 1. The third kappa shape index (κ3) is 2.87. The first-order valence-corrected chi connectivity index (χ1v) is 6.82. The summed E-state index contributed by atoms with van der Waals surface area (Å²) in [5.74, 6) is -0.167. The van der Waals surface area contributed by atoms with E-state index >= 15 is 0 Å². The molecule has 0 saturated heterocycles. The summed E-state index contributed by atoms with van der Waals surface area (Å²) in [6.07, 6.45) is 0.899. The number of nitrogens with zero attached hydrogens (tertiary/aromatic N) is 3. The zero-order chi connectivity index (χ0) is 14.7. The Kier molecular flexibility index (Phi) is 4.17. The van der Waals surface area contributed by atoms with E-state index < -0.39 is 0 Å². The van der Waals surface area contributed by atoms with Crippen LogP contribution in [0.1, 0.15) is 40.7 Å². The summed E-state index contributed by atoms with van der Waals surface area (Å²) in [4.78, 5) is 12.0. The molecule has 0 bridgehead atoms. The highest BCUT2D eigenvalue weighted by Crippen LogP contribution is 2.16. The molecule has 0 spiro atoms. The Hall–Kier alpha value is -2.17. The van der Waals surface area contributed by atoms with E-state index in [4.69, 9.17) is 0 Å². The molecule has 2 aromatic rings. The minimum absolute atomic E-state index is 0.167. The van der Waals surface area contributed by atoms with E-state index in [1.54, 1.807) is 4.68 Å². The smallest absolute Gasteiger partial charge is 0.273 e. The lowest BCUT2D eigenvalue weighted by atomic mass is 10.1. The zero-order valence-corrected chi connectivity index (χ0v) is 12.4. The molecule has 1 aromatic carbocycles. The SMILES string of the molecule is CCCNC(=O)c1nnn(-c2cc(C)cc(C)c2)c1C. The third-order valence-electron chi connectivity index (χ3n) is 3.10. The molecule has 0 aliphatic carbocycles. The van der Waals surface area contributed by atoms with Gasteiger partial charge in [-0.25, -0.2) is 4.68 Å². The second kappa shape index (κ2) is 5.86. The van der Waals surface area contributed by atoms with Gasteiger partial charge in [0.15, 0.2) is 5.69 Å². The van der Waals surface area contributed by atoms with Crippen LogP contribution in [0, 0.1) is 20.8 Å². The maximum atomic E-state index is 12.0. The molecule has 1 heterocycles. The number of amides is 1. The fraction of sp³-hybridized carbons (Fsp3) is 0.400. The molecule has 0 fully saturated rings. The maximum Gasteiger partial charge on any atom is 0.273 e. The Morgan fingerprint density at radius 2 is 1.85 bits per heavy atom. The van der Waals surface area contributed by atoms with Crippen molar-refractivity contribution in [3.8, 4) is 5.69 Å². The minimum Gasteiger partial charge on any atom is -0.351 e. The van der Waals surface area contributed by atoms with Gasteiger partial charge < -0.3 is 5.32 Å². The molecule has 5 heteroatoms. The monoisotopic (exact) mass is 272 g/mol. The van der Waals surface area contributed by atoms with Gasteiger partial charge in [0.1, 0.15) is 0 Å². The molecule has 1 amide bonds. The van der Waals surface area contributed by atoms with E-state index in [-0.39, 0.29) is 5.91 Å². The number of carbonyl (C=O) groups excluding carboxylic acids is 1. The first-order valence-electron chi connectivity index (χ1n) is 6.82. The van der Waals surface area contributed by atoms with E-state index in [9.17, 15) is 4.79 Å². The second-order valence-corrected chi connectivity index (χ2v) is 5.04. The van der Waals surface area contributed by atoms with E-state index in [2.05, 4.69) is 21.7 Å². The Balaban J connectivity index is 2.35. The molecule has 0 aliphatic heterocycles. The van der Waals surface area contributed by atoms with E-state index in [0.29, 0.717) is 12.2 Å². The van der Waals surface area contributed by atoms with Gasteiger partial charge in [0.25, 0.3) is 5.91 Å². The first kappa shape index (κ1) is 14.2. The van der Waals surface area contributed by atoms with Crippen LogP contribution < -0.4 is 5.32 Å². The maximum absolute atomic E-state index is 12.0. The van der Waals surface area contributed by atoms with Gasteiger partial charge in [-0.1, -0.05) is 18.2 Å². The van der Waals surface area contributed by atoms with Gasteiger partial charge in [0, 0.05) is 6.54 Å². The zero-order valence-electron chi connectivity index (χ0n) is 12.4. The Labute approximate surface area is 119 Å². The van der Waals surface area contributed by atoms with Crippen LogP contribution in [0.15, 0.2) is 18.2 Å². The molecule has 20 heavy (non-hydrogen) atoms. The second-order valence-electron chi connectivity index (χ2n) is 5.04. The van der Waals surface area contributed by atoms with Crippen LogP contribution in [0.2, 0.25) is 0 Å². The molecule has 0 atom stereocenters. The van der Waals surface area contributed by atoms with Crippen molar-refractivity contribution in [3.05, 3.63) is 40.7 Å². The summed E-state index contributed by atoms with van der Waals surface area (Å²) in [7, 11) is 0. The summed E-state index contributed by atoms with van der Waals surface area (Å²) in [6, 6.07) is 6.16. The molecule has 106 valence electrons. The molecule has 0 aliphatic rings. The van der Waals surface area contributed by atoms with E-state index in [1.807, 2.05) is 39.8 Å². The fourth-order valence-electron chi connectivity index (χ4n) is 2.18. The molecule has 1 N–H and O–H groups in total. The van der Waals surface area contributed by atoms with Gasteiger partial charge in [-0.05, 0) is 50.5 Å². The van der Waals surface area contributed by atoms with Crippen molar-refractivity contribution in [3.63, 3.8) is 0 Å². The molecular weight excluding hydrogens is 252 g/mol. The summed E-state index contributed by atoms with van der Waals surface area (Å²) >= 11 is 0. The van der Waals surface area contributed by atoms with E-state index in [1.165, 1.54) is 0 Å². The molecule has 2 rings (SSSR count). The fourth-order valence-corrected chi connectivity index (χ4v) is 2.18. The summed E-state index contributed by atoms with van der Waals surface area (Å²) in [5, 5.41) is 10.9. The van der Waals surface area contributed by atoms with Crippen LogP contribution in [0.3, 0.4) is 0 Å². The van der Waals surface area contributed by atoms with Crippen molar-refractivity contribution < 1.29 is 4.79 Å². The minimum atomic E-state index is -0.167. The number of aromatic nitrogens is 3. The van der Waals surface area contributed by atoms with Gasteiger partial charge in [0.05, 0.1) is 11.4 Å². The predicted molar refractivity (Wildman–Crippen MR) is 78.2 cm³/mol. The van der Waals surface area contributed by atoms with Gasteiger partial charge in [0.2, 0.25) is 0 Å². The predicted octanol–water partition coefficient (Wildman–Crippen LogP) is 2.33. The van der Waals surface area contributed by atoms with Crippen LogP contribution in [0.25, 0.3) is 5.69 Å². The largest absolute Gasteiger partial charge is 0.351 e. The van der Waals surface area contributed by atoms with Gasteiger partial charge in [-0.2, -0.15) is 0 Å². The van der Waals surface area contributed by atoms with Crippen molar-refractivity contribution in [1.29, 1.82) is 0 Å². The van der Waals surface area contributed by atoms with Crippen molar-refractivity contribution in [2.24, 2.45) is 0 Å². The number of nitrogens with one attached hydrogen (secondary N) is 1. The van der Waals surface area contributed by atoms with Gasteiger partial charge in [-0.15, -0.1) is 5.10 Å². The van der Waals surface area contributed by atoms with Crippen molar-refractivity contribution in [1.82, 2.24) is 20.3 Å². The normalized spacial score (nSPS) is 10.6. The molecule has 0 saturated carbocycles.